The Morgan fingerprint density at radius 3 is 0.909 bits per heavy atom. The first-order chi connectivity index (χ1) is 27.0. The molecule has 0 rings (SSSR count). The zero-order chi connectivity index (χ0) is 40.1. The van der Waals surface area contributed by atoms with Crippen molar-refractivity contribution in [2.45, 2.75) is 271 Å². The van der Waals surface area contributed by atoms with Crippen molar-refractivity contribution in [3.63, 3.8) is 0 Å². The summed E-state index contributed by atoms with van der Waals surface area (Å²) in [5, 5.41) is 0. The minimum absolute atomic E-state index is 0.0694. The Kier molecular flexibility index (Phi) is 43.4. The quantitative estimate of drug-likeness (QED) is 0.0265. The molecule has 0 radical (unpaired) electrons. The molecule has 0 N–H and O–H groups in total. The van der Waals surface area contributed by atoms with Crippen LogP contribution in [0, 0.1) is 0 Å². The molecule has 1 atom stereocenters. The van der Waals surface area contributed by atoms with Gasteiger partial charge in [0.1, 0.15) is 13.2 Å². The van der Waals surface area contributed by atoms with Gasteiger partial charge in [-0.1, -0.05) is 213 Å². The molecule has 0 bridgehead atoms. The van der Waals surface area contributed by atoms with Crippen molar-refractivity contribution >= 4 is 17.9 Å². The number of carbonyl (C=O) groups excluding carboxylic acids is 3. The second kappa shape index (κ2) is 44.9. The lowest BCUT2D eigenvalue weighted by molar-refractivity contribution is -0.167. The average molecular weight is 777 g/mol. The van der Waals surface area contributed by atoms with Gasteiger partial charge in [0.2, 0.25) is 0 Å². The molecule has 0 aromatic rings. The van der Waals surface area contributed by atoms with Crippen molar-refractivity contribution in [1.82, 2.24) is 0 Å². The molecule has 0 aliphatic carbocycles. The third-order valence-electron chi connectivity index (χ3n) is 10.8. The third-order valence-corrected chi connectivity index (χ3v) is 10.8. The number of carbonyl (C=O) groups is 3. The predicted molar refractivity (Wildman–Crippen MR) is 233 cm³/mol. The van der Waals surface area contributed by atoms with Gasteiger partial charge in [-0.25, -0.2) is 0 Å². The van der Waals surface area contributed by atoms with Gasteiger partial charge in [-0.3, -0.25) is 14.4 Å². The van der Waals surface area contributed by atoms with Crippen LogP contribution in [-0.4, -0.2) is 37.2 Å². The van der Waals surface area contributed by atoms with E-state index in [-0.39, 0.29) is 31.1 Å². The van der Waals surface area contributed by atoms with Crippen molar-refractivity contribution in [3.05, 3.63) is 12.2 Å². The topological polar surface area (TPSA) is 78.9 Å². The Morgan fingerprint density at radius 1 is 0.345 bits per heavy atom. The SMILES string of the molecule is CCCCCCCCC/C=C\CCCCCCCC(=O)OCC(COC(=O)CCCCCCCC)OC(=O)CCCCCCCCCCCCCCCCC. The summed E-state index contributed by atoms with van der Waals surface area (Å²) >= 11 is 0. The number of hydrogen-bond acceptors (Lipinski definition) is 6. The number of hydrogen-bond donors (Lipinski definition) is 0. The summed E-state index contributed by atoms with van der Waals surface area (Å²) in [4.78, 5) is 37.6. The van der Waals surface area contributed by atoms with Gasteiger partial charge in [-0.2, -0.15) is 0 Å². The zero-order valence-electron chi connectivity index (χ0n) is 37.0. The van der Waals surface area contributed by atoms with Crippen LogP contribution >= 0.6 is 0 Å². The first-order valence-electron chi connectivity index (χ1n) is 24.2. The van der Waals surface area contributed by atoms with E-state index < -0.39 is 6.10 Å². The number of rotatable bonds is 44. The van der Waals surface area contributed by atoms with Crippen LogP contribution in [0.4, 0.5) is 0 Å². The first-order valence-corrected chi connectivity index (χ1v) is 24.2. The second-order valence-corrected chi connectivity index (χ2v) is 16.4. The lowest BCUT2D eigenvalue weighted by atomic mass is 10.0. The molecule has 0 heterocycles. The molecule has 324 valence electrons. The van der Waals surface area contributed by atoms with E-state index in [9.17, 15) is 14.4 Å². The van der Waals surface area contributed by atoms with Crippen molar-refractivity contribution in [2.24, 2.45) is 0 Å². The van der Waals surface area contributed by atoms with Gasteiger partial charge in [0.25, 0.3) is 0 Å². The monoisotopic (exact) mass is 777 g/mol. The lowest BCUT2D eigenvalue weighted by Crippen LogP contribution is -2.30. The molecule has 0 spiro atoms. The fourth-order valence-electron chi connectivity index (χ4n) is 7.08. The molecule has 0 saturated heterocycles. The highest BCUT2D eigenvalue weighted by Gasteiger charge is 2.19. The van der Waals surface area contributed by atoms with E-state index in [1.807, 2.05) is 0 Å². The van der Waals surface area contributed by atoms with Gasteiger partial charge >= 0.3 is 17.9 Å². The van der Waals surface area contributed by atoms with E-state index in [0.717, 1.165) is 64.2 Å². The maximum atomic E-state index is 12.7. The summed E-state index contributed by atoms with van der Waals surface area (Å²) in [6, 6.07) is 0. The van der Waals surface area contributed by atoms with Gasteiger partial charge in [-0.15, -0.1) is 0 Å². The molecule has 0 aromatic carbocycles. The minimum atomic E-state index is -0.764. The smallest absolute Gasteiger partial charge is 0.306 e. The fraction of sp³-hybridized carbons (Fsp3) is 0.898. The lowest BCUT2D eigenvalue weighted by Gasteiger charge is -2.18. The highest BCUT2D eigenvalue weighted by atomic mass is 16.6. The molecule has 55 heavy (non-hydrogen) atoms. The first kappa shape index (κ1) is 53.1. The van der Waals surface area contributed by atoms with Gasteiger partial charge in [0.15, 0.2) is 6.10 Å². The van der Waals surface area contributed by atoms with Crippen LogP contribution in [0.1, 0.15) is 265 Å². The molecule has 0 aliphatic rings. The fourth-order valence-corrected chi connectivity index (χ4v) is 7.08. The number of ether oxygens (including phenoxy) is 3. The number of unbranched alkanes of at least 4 members (excludes halogenated alkanes) is 31. The van der Waals surface area contributed by atoms with Crippen LogP contribution in [0.25, 0.3) is 0 Å². The standard InChI is InChI=1S/C49H92O6/c1-4-7-10-13-16-18-20-22-24-26-27-29-31-33-36-39-42-48(51)54-45-46(44-53-47(50)41-38-35-15-12-9-6-3)55-49(52)43-40-37-34-32-30-28-25-23-21-19-17-14-11-8-5-2/h24,26,46H,4-23,25,27-45H2,1-3H3/b26-24-. The van der Waals surface area contributed by atoms with Crippen molar-refractivity contribution in [2.75, 3.05) is 13.2 Å². The van der Waals surface area contributed by atoms with E-state index in [1.165, 1.54) is 161 Å². The van der Waals surface area contributed by atoms with E-state index >= 15 is 0 Å². The van der Waals surface area contributed by atoms with Crippen LogP contribution < -0.4 is 0 Å². The van der Waals surface area contributed by atoms with Crippen LogP contribution in [0.5, 0.6) is 0 Å². The maximum Gasteiger partial charge on any atom is 0.306 e. The Morgan fingerprint density at radius 2 is 0.600 bits per heavy atom. The molecule has 0 aromatic heterocycles. The van der Waals surface area contributed by atoms with Gasteiger partial charge in [0.05, 0.1) is 0 Å². The normalized spacial score (nSPS) is 12.0. The van der Waals surface area contributed by atoms with Gasteiger partial charge < -0.3 is 14.2 Å². The molecule has 1 unspecified atom stereocenters. The van der Waals surface area contributed by atoms with Crippen LogP contribution in [0.2, 0.25) is 0 Å². The summed E-state index contributed by atoms with van der Waals surface area (Å²) in [5.74, 6) is -0.876. The van der Waals surface area contributed by atoms with E-state index in [4.69, 9.17) is 14.2 Å². The average Bonchev–Trinajstić information content (AvgIpc) is 3.18. The van der Waals surface area contributed by atoms with Crippen LogP contribution in [0.15, 0.2) is 12.2 Å². The highest BCUT2D eigenvalue weighted by molar-refractivity contribution is 5.71. The van der Waals surface area contributed by atoms with Gasteiger partial charge in [0, 0.05) is 19.3 Å². The van der Waals surface area contributed by atoms with E-state index in [0.29, 0.717) is 19.3 Å². The Bertz CT molecular complexity index is 854. The number of allylic oxidation sites excluding steroid dienone is 2. The third kappa shape index (κ3) is 43.1. The molecule has 0 fully saturated rings. The van der Waals surface area contributed by atoms with Crippen molar-refractivity contribution < 1.29 is 28.6 Å². The Hall–Kier alpha value is -1.85. The Balaban J connectivity index is 4.22. The second-order valence-electron chi connectivity index (χ2n) is 16.4. The summed E-state index contributed by atoms with van der Waals surface area (Å²) in [6.45, 7) is 6.59. The highest BCUT2D eigenvalue weighted by Crippen LogP contribution is 2.15. The van der Waals surface area contributed by atoms with Crippen LogP contribution in [-0.2, 0) is 28.6 Å². The van der Waals surface area contributed by atoms with E-state index in [1.54, 1.807) is 0 Å². The summed E-state index contributed by atoms with van der Waals surface area (Å²) in [7, 11) is 0. The minimum Gasteiger partial charge on any atom is -0.462 e. The number of esters is 3. The van der Waals surface area contributed by atoms with Crippen LogP contribution in [0.3, 0.4) is 0 Å². The molecule has 0 amide bonds. The molecule has 0 saturated carbocycles. The summed E-state index contributed by atoms with van der Waals surface area (Å²) in [5.41, 5.74) is 0. The summed E-state index contributed by atoms with van der Waals surface area (Å²) < 4.78 is 16.7. The molecular formula is C49H92O6. The molecule has 0 aliphatic heterocycles. The largest absolute Gasteiger partial charge is 0.462 e. The zero-order valence-corrected chi connectivity index (χ0v) is 37.0. The van der Waals surface area contributed by atoms with E-state index in [2.05, 4.69) is 32.9 Å². The molecule has 6 nitrogen and oxygen atoms in total. The Labute approximate surface area is 341 Å². The van der Waals surface area contributed by atoms with Crippen molar-refractivity contribution in [3.8, 4) is 0 Å². The maximum absolute atomic E-state index is 12.7. The molecule has 6 heteroatoms. The van der Waals surface area contributed by atoms with Crippen molar-refractivity contribution in [1.29, 1.82) is 0 Å². The predicted octanol–water partition coefficient (Wildman–Crippen LogP) is 15.4. The summed E-state index contributed by atoms with van der Waals surface area (Å²) in [6.07, 6.45) is 47.8. The molecular weight excluding hydrogens is 685 g/mol. The van der Waals surface area contributed by atoms with Gasteiger partial charge in [-0.05, 0) is 44.9 Å².